The van der Waals surface area contributed by atoms with Crippen LogP contribution in [-0.2, 0) is 0 Å². The Hall–Kier alpha value is -3.79. The molecule has 0 atom stereocenters. The van der Waals surface area contributed by atoms with Crippen LogP contribution in [0.15, 0.2) is 48.7 Å². The molecule has 10 heteroatoms. The first-order valence-electron chi connectivity index (χ1n) is 9.25. The zero-order valence-electron chi connectivity index (χ0n) is 17.0. The van der Waals surface area contributed by atoms with Crippen molar-refractivity contribution in [2.75, 3.05) is 44.9 Å². The minimum absolute atomic E-state index is 0.116. The quantitative estimate of drug-likeness (QED) is 0.406. The Kier molecular flexibility index (Phi) is 6.71. The van der Waals surface area contributed by atoms with E-state index in [9.17, 15) is 10.1 Å². The van der Waals surface area contributed by atoms with E-state index in [0.717, 1.165) is 6.54 Å². The highest BCUT2D eigenvalue weighted by molar-refractivity contribution is 5.72. The molecule has 156 valence electrons. The third-order valence-corrected chi connectivity index (χ3v) is 4.16. The van der Waals surface area contributed by atoms with Crippen LogP contribution in [0.2, 0.25) is 0 Å². The predicted molar refractivity (Wildman–Crippen MR) is 115 cm³/mol. The zero-order chi connectivity index (χ0) is 21.5. The van der Waals surface area contributed by atoms with Gasteiger partial charge in [-0.1, -0.05) is 6.07 Å². The fourth-order valence-corrected chi connectivity index (χ4v) is 2.66. The van der Waals surface area contributed by atoms with Crippen LogP contribution < -0.4 is 15.4 Å². The van der Waals surface area contributed by atoms with Crippen molar-refractivity contribution in [2.45, 2.75) is 0 Å². The molecule has 10 nitrogen and oxygen atoms in total. The molecule has 0 radical (unpaired) electrons. The third-order valence-electron chi connectivity index (χ3n) is 4.16. The molecule has 0 bridgehead atoms. The molecule has 2 aromatic heterocycles. The summed E-state index contributed by atoms with van der Waals surface area (Å²) in [5, 5.41) is 17.7. The van der Waals surface area contributed by atoms with Crippen LogP contribution in [0, 0.1) is 10.1 Å². The number of nitro benzene ring substituents is 1. The van der Waals surface area contributed by atoms with E-state index < -0.39 is 4.92 Å². The highest BCUT2D eigenvalue weighted by Crippen LogP contribution is 2.32. The summed E-state index contributed by atoms with van der Waals surface area (Å²) in [6, 6.07) is 11.8. The van der Waals surface area contributed by atoms with Crippen molar-refractivity contribution < 1.29 is 9.66 Å². The summed E-state index contributed by atoms with van der Waals surface area (Å²) in [5.41, 5.74) is 1.44. The summed E-state index contributed by atoms with van der Waals surface area (Å²) < 4.78 is 5.09. The number of likely N-dealkylation sites (N-methyl/N-ethyl adjacent to an activating group) is 1. The minimum atomic E-state index is -0.470. The Morgan fingerprint density at radius 1 is 1.13 bits per heavy atom. The summed E-state index contributed by atoms with van der Waals surface area (Å²) in [4.78, 5) is 26.4. The second-order valence-electron chi connectivity index (χ2n) is 6.67. The van der Waals surface area contributed by atoms with E-state index >= 15 is 0 Å². The first-order valence-corrected chi connectivity index (χ1v) is 9.25. The maximum Gasteiger partial charge on any atom is 0.296 e. The van der Waals surface area contributed by atoms with Crippen molar-refractivity contribution in [2.24, 2.45) is 0 Å². The molecular formula is C20H23N7O3. The lowest BCUT2D eigenvalue weighted by Crippen LogP contribution is -2.21. The third kappa shape index (κ3) is 5.39. The second kappa shape index (κ2) is 9.61. The number of methoxy groups -OCH3 is 1. The molecule has 0 amide bonds. The van der Waals surface area contributed by atoms with E-state index in [-0.39, 0.29) is 5.69 Å². The standard InChI is InChI=1S/C20H23N7O3/c1-26(2)11-10-22-20-24-17(15-6-4-5-9-21-15)13-19(25-20)23-16-8-7-14(30-3)12-18(16)27(28)29/h4-9,12-13H,10-11H2,1-3H3,(H2,22,23,24,25). The molecule has 2 N–H and O–H groups in total. The van der Waals surface area contributed by atoms with Crippen LogP contribution >= 0.6 is 0 Å². The van der Waals surface area contributed by atoms with Gasteiger partial charge in [0.2, 0.25) is 5.95 Å². The van der Waals surface area contributed by atoms with Gasteiger partial charge in [-0.05, 0) is 38.4 Å². The number of anilines is 3. The van der Waals surface area contributed by atoms with Crippen molar-refractivity contribution in [1.82, 2.24) is 19.9 Å². The number of rotatable bonds is 9. The second-order valence-corrected chi connectivity index (χ2v) is 6.67. The number of aromatic nitrogens is 3. The summed E-state index contributed by atoms with van der Waals surface area (Å²) in [5.74, 6) is 1.21. The topological polar surface area (TPSA) is 118 Å². The number of nitrogens with one attached hydrogen (secondary N) is 2. The lowest BCUT2D eigenvalue weighted by Gasteiger charge is -2.13. The van der Waals surface area contributed by atoms with Crippen molar-refractivity contribution in [1.29, 1.82) is 0 Å². The van der Waals surface area contributed by atoms with E-state index in [1.165, 1.54) is 13.2 Å². The molecule has 0 aliphatic carbocycles. The van der Waals surface area contributed by atoms with Crippen molar-refractivity contribution >= 4 is 23.1 Å². The van der Waals surface area contributed by atoms with Gasteiger partial charge >= 0.3 is 0 Å². The number of ether oxygens (including phenoxy) is 1. The van der Waals surface area contributed by atoms with E-state index in [0.29, 0.717) is 41.1 Å². The van der Waals surface area contributed by atoms with Gasteiger partial charge in [-0.25, -0.2) is 4.98 Å². The monoisotopic (exact) mass is 409 g/mol. The van der Waals surface area contributed by atoms with Crippen LogP contribution in [-0.4, -0.2) is 59.1 Å². The van der Waals surface area contributed by atoms with Crippen LogP contribution in [0.3, 0.4) is 0 Å². The number of nitrogens with zero attached hydrogens (tertiary/aromatic N) is 5. The molecule has 1 aromatic carbocycles. The molecule has 0 fully saturated rings. The van der Waals surface area contributed by atoms with Crippen LogP contribution in [0.25, 0.3) is 11.4 Å². The average Bonchev–Trinajstić information content (AvgIpc) is 2.74. The van der Waals surface area contributed by atoms with Crippen LogP contribution in [0.5, 0.6) is 5.75 Å². The van der Waals surface area contributed by atoms with Gasteiger partial charge in [0.05, 0.1) is 29.5 Å². The van der Waals surface area contributed by atoms with E-state index in [1.807, 2.05) is 37.2 Å². The SMILES string of the molecule is COc1ccc(Nc2cc(-c3ccccn3)nc(NCCN(C)C)n2)c([N+](=O)[O-])c1. The van der Waals surface area contributed by atoms with Gasteiger partial charge < -0.3 is 20.3 Å². The Morgan fingerprint density at radius 2 is 1.97 bits per heavy atom. The van der Waals surface area contributed by atoms with Crippen molar-refractivity contribution in [3.05, 3.63) is 58.8 Å². The van der Waals surface area contributed by atoms with Crippen LogP contribution in [0.1, 0.15) is 0 Å². The lowest BCUT2D eigenvalue weighted by molar-refractivity contribution is -0.384. The van der Waals surface area contributed by atoms with Crippen molar-refractivity contribution in [3.63, 3.8) is 0 Å². The Labute approximate surface area is 174 Å². The first-order chi connectivity index (χ1) is 14.5. The van der Waals surface area contributed by atoms with Crippen LogP contribution in [0.4, 0.5) is 23.1 Å². The molecule has 0 saturated carbocycles. The van der Waals surface area contributed by atoms with E-state index in [2.05, 4.69) is 25.6 Å². The van der Waals surface area contributed by atoms with Gasteiger partial charge in [-0.15, -0.1) is 0 Å². The van der Waals surface area contributed by atoms with E-state index in [1.54, 1.807) is 24.4 Å². The average molecular weight is 409 g/mol. The van der Waals surface area contributed by atoms with Gasteiger partial charge in [-0.2, -0.15) is 4.98 Å². The summed E-state index contributed by atoms with van der Waals surface area (Å²) in [6.45, 7) is 1.44. The Balaban J connectivity index is 1.96. The molecular weight excluding hydrogens is 386 g/mol. The molecule has 3 rings (SSSR count). The van der Waals surface area contributed by atoms with Gasteiger partial charge in [0.25, 0.3) is 5.69 Å². The lowest BCUT2D eigenvalue weighted by atomic mass is 10.2. The summed E-state index contributed by atoms with van der Waals surface area (Å²) >= 11 is 0. The fraction of sp³-hybridized carbons (Fsp3) is 0.250. The summed E-state index contributed by atoms with van der Waals surface area (Å²) in [6.07, 6.45) is 1.68. The molecule has 3 aromatic rings. The fourth-order valence-electron chi connectivity index (χ4n) is 2.66. The highest BCUT2D eigenvalue weighted by Gasteiger charge is 2.17. The minimum Gasteiger partial charge on any atom is -0.496 e. The zero-order valence-corrected chi connectivity index (χ0v) is 17.0. The van der Waals surface area contributed by atoms with Gasteiger partial charge in [0.15, 0.2) is 0 Å². The number of hydrogen-bond acceptors (Lipinski definition) is 9. The first kappa shape index (κ1) is 20.9. The Bertz CT molecular complexity index is 1010. The maximum atomic E-state index is 11.5. The van der Waals surface area contributed by atoms with Crippen molar-refractivity contribution in [3.8, 4) is 17.1 Å². The Morgan fingerprint density at radius 3 is 2.63 bits per heavy atom. The number of hydrogen-bond donors (Lipinski definition) is 2. The number of pyridine rings is 1. The number of nitro groups is 1. The molecule has 0 unspecified atom stereocenters. The molecule has 0 aliphatic rings. The maximum absolute atomic E-state index is 11.5. The largest absolute Gasteiger partial charge is 0.496 e. The molecule has 0 aliphatic heterocycles. The van der Waals surface area contributed by atoms with E-state index in [4.69, 9.17) is 4.74 Å². The molecule has 0 spiro atoms. The van der Waals surface area contributed by atoms with Gasteiger partial charge in [0, 0.05) is 25.4 Å². The summed E-state index contributed by atoms with van der Waals surface area (Å²) in [7, 11) is 5.41. The molecule has 0 saturated heterocycles. The smallest absolute Gasteiger partial charge is 0.296 e. The molecule has 30 heavy (non-hydrogen) atoms. The number of benzene rings is 1. The predicted octanol–water partition coefficient (Wildman–Crippen LogP) is 3.17. The normalized spacial score (nSPS) is 10.7. The molecule has 2 heterocycles. The van der Waals surface area contributed by atoms with Gasteiger partial charge in [-0.3, -0.25) is 15.1 Å². The van der Waals surface area contributed by atoms with Gasteiger partial charge in [0.1, 0.15) is 17.3 Å². The highest BCUT2D eigenvalue weighted by atomic mass is 16.6.